The van der Waals surface area contributed by atoms with E-state index in [-0.39, 0.29) is 6.10 Å². The van der Waals surface area contributed by atoms with Crippen LogP contribution in [-0.2, 0) is 6.42 Å². The molecule has 1 N–H and O–H groups in total. The fourth-order valence-corrected chi connectivity index (χ4v) is 1.84. The average Bonchev–Trinajstić information content (AvgIpc) is 2.07. The lowest BCUT2D eigenvalue weighted by atomic mass is 10.0. The monoisotopic (exact) mass is 254 g/mol. The first-order chi connectivity index (χ1) is 6.59. The molecule has 0 bridgehead atoms. The molecule has 0 fully saturated rings. The molecule has 1 aromatic carbocycles. The molecule has 1 rings (SSSR count). The summed E-state index contributed by atoms with van der Waals surface area (Å²) in [5.41, 5.74) is 2.16. The highest BCUT2D eigenvalue weighted by Gasteiger charge is 2.07. The number of hydrogen-bond donors (Lipinski definition) is 1. The van der Waals surface area contributed by atoms with Crippen molar-refractivity contribution >= 4 is 15.9 Å². The third-order valence-corrected chi connectivity index (χ3v) is 2.77. The lowest BCUT2D eigenvalue weighted by Gasteiger charge is -2.11. The van der Waals surface area contributed by atoms with Crippen molar-refractivity contribution in [2.24, 2.45) is 0 Å². The molecule has 0 amide bonds. The minimum atomic E-state index is -0.328. The summed E-state index contributed by atoms with van der Waals surface area (Å²) >= 11 is 3.46. The summed E-state index contributed by atoms with van der Waals surface area (Å²) in [5, 5.41) is 9.72. The average molecular weight is 255 g/mol. The Morgan fingerprint density at radius 2 is 2.14 bits per heavy atom. The Hall–Kier alpha value is -0.600. The van der Waals surface area contributed by atoms with E-state index >= 15 is 0 Å². The standard InChI is InChI=1S/C12H15BrO/c1-9(2)7-11(14)8-10-5-3-4-6-12(10)13/h3-6,11,14H,1,7-8H2,2H3. The van der Waals surface area contributed by atoms with Gasteiger partial charge in [-0.1, -0.05) is 39.7 Å². The van der Waals surface area contributed by atoms with Gasteiger partial charge in [-0.05, 0) is 31.4 Å². The first-order valence-corrected chi connectivity index (χ1v) is 5.44. The molecule has 0 aromatic heterocycles. The molecule has 1 aromatic rings. The maximum atomic E-state index is 9.72. The Morgan fingerprint density at radius 3 is 2.71 bits per heavy atom. The Kier molecular flexibility index (Phi) is 4.36. The highest BCUT2D eigenvalue weighted by molar-refractivity contribution is 9.10. The highest BCUT2D eigenvalue weighted by Crippen LogP contribution is 2.19. The molecule has 1 nitrogen and oxygen atoms in total. The summed E-state index contributed by atoms with van der Waals surface area (Å²) in [4.78, 5) is 0. The van der Waals surface area contributed by atoms with Gasteiger partial charge in [-0.2, -0.15) is 0 Å². The second kappa shape index (κ2) is 5.32. The lowest BCUT2D eigenvalue weighted by Crippen LogP contribution is -2.10. The normalized spacial score (nSPS) is 12.5. The van der Waals surface area contributed by atoms with Crippen molar-refractivity contribution in [1.82, 2.24) is 0 Å². The molecule has 14 heavy (non-hydrogen) atoms. The van der Waals surface area contributed by atoms with E-state index in [1.165, 1.54) is 0 Å². The maximum Gasteiger partial charge on any atom is 0.0617 e. The Bertz CT molecular complexity index is 320. The van der Waals surface area contributed by atoms with Crippen LogP contribution < -0.4 is 0 Å². The fourth-order valence-electron chi connectivity index (χ4n) is 1.39. The summed E-state index contributed by atoms with van der Waals surface area (Å²) in [6.07, 6.45) is 1.02. The van der Waals surface area contributed by atoms with E-state index in [0.717, 1.165) is 15.6 Å². The van der Waals surface area contributed by atoms with E-state index in [4.69, 9.17) is 0 Å². The van der Waals surface area contributed by atoms with Gasteiger partial charge in [0.1, 0.15) is 0 Å². The molecule has 1 unspecified atom stereocenters. The second-order valence-electron chi connectivity index (χ2n) is 3.61. The van der Waals surface area contributed by atoms with Crippen LogP contribution in [-0.4, -0.2) is 11.2 Å². The van der Waals surface area contributed by atoms with E-state index in [2.05, 4.69) is 22.5 Å². The van der Waals surface area contributed by atoms with Gasteiger partial charge in [-0.3, -0.25) is 0 Å². The largest absolute Gasteiger partial charge is 0.392 e. The van der Waals surface area contributed by atoms with Crippen molar-refractivity contribution in [2.75, 3.05) is 0 Å². The molecule has 0 aliphatic carbocycles. The number of aliphatic hydroxyl groups is 1. The van der Waals surface area contributed by atoms with Gasteiger partial charge in [0, 0.05) is 4.47 Å². The molecule has 0 heterocycles. The van der Waals surface area contributed by atoms with Gasteiger partial charge in [-0.15, -0.1) is 6.58 Å². The minimum Gasteiger partial charge on any atom is -0.392 e. The van der Waals surface area contributed by atoms with Gasteiger partial charge in [0.2, 0.25) is 0 Å². The number of benzene rings is 1. The van der Waals surface area contributed by atoms with E-state index in [1.807, 2.05) is 31.2 Å². The summed E-state index contributed by atoms with van der Waals surface area (Å²) in [6.45, 7) is 5.72. The molecule has 0 saturated carbocycles. The van der Waals surface area contributed by atoms with Crippen molar-refractivity contribution in [3.63, 3.8) is 0 Å². The van der Waals surface area contributed by atoms with E-state index in [0.29, 0.717) is 12.8 Å². The Balaban J connectivity index is 2.60. The molecule has 0 aliphatic heterocycles. The van der Waals surface area contributed by atoms with Crippen LogP contribution in [0.15, 0.2) is 40.9 Å². The topological polar surface area (TPSA) is 20.2 Å². The Labute approximate surface area is 93.6 Å². The molecular weight excluding hydrogens is 240 g/mol. The zero-order valence-corrected chi connectivity index (χ0v) is 9.92. The van der Waals surface area contributed by atoms with Gasteiger partial charge >= 0.3 is 0 Å². The van der Waals surface area contributed by atoms with E-state index in [1.54, 1.807) is 0 Å². The predicted octanol–water partition coefficient (Wildman–Crippen LogP) is 3.32. The minimum absolute atomic E-state index is 0.328. The molecular formula is C12H15BrO. The van der Waals surface area contributed by atoms with E-state index in [9.17, 15) is 5.11 Å². The molecule has 0 radical (unpaired) electrons. The summed E-state index contributed by atoms with van der Waals surface area (Å²) in [5.74, 6) is 0. The van der Waals surface area contributed by atoms with Gasteiger partial charge in [-0.25, -0.2) is 0 Å². The summed E-state index contributed by atoms with van der Waals surface area (Å²) in [7, 11) is 0. The quantitative estimate of drug-likeness (QED) is 0.818. The van der Waals surface area contributed by atoms with Crippen molar-refractivity contribution < 1.29 is 5.11 Å². The summed E-state index contributed by atoms with van der Waals surface area (Å²) < 4.78 is 1.06. The lowest BCUT2D eigenvalue weighted by molar-refractivity contribution is 0.175. The Morgan fingerprint density at radius 1 is 1.50 bits per heavy atom. The number of hydrogen-bond acceptors (Lipinski definition) is 1. The maximum absolute atomic E-state index is 9.72. The first kappa shape index (κ1) is 11.5. The third-order valence-electron chi connectivity index (χ3n) is 2.00. The van der Waals surface area contributed by atoms with Crippen molar-refractivity contribution in [3.8, 4) is 0 Å². The van der Waals surface area contributed by atoms with Crippen LogP contribution in [0.4, 0.5) is 0 Å². The SMILES string of the molecule is C=C(C)CC(O)Cc1ccccc1Br. The van der Waals surface area contributed by atoms with Crippen LogP contribution in [0.3, 0.4) is 0 Å². The number of halogens is 1. The van der Waals surface area contributed by atoms with Gasteiger partial charge < -0.3 is 5.11 Å². The molecule has 2 heteroatoms. The first-order valence-electron chi connectivity index (χ1n) is 4.65. The third kappa shape index (κ3) is 3.64. The summed E-state index contributed by atoms with van der Waals surface area (Å²) in [6, 6.07) is 7.96. The van der Waals surface area contributed by atoms with Crippen LogP contribution in [0.2, 0.25) is 0 Å². The van der Waals surface area contributed by atoms with Crippen LogP contribution in [0.1, 0.15) is 18.9 Å². The molecule has 0 spiro atoms. The van der Waals surface area contributed by atoms with Crippen LogP contribution >= 0.6 is 15.9 Å². The fraction of sp³-hybridized carbons (Fsp3) is 0.333. The van der Waals surface area contributed by atoms with Crippen LogP contribution in [0.5, 0.6) is 0 Å². The zero-order valence-electron chi connectivity index (χ0n) is 8.33. The molecule has 0 aliphatic rings. The van der Waals surface area contributed by atoms with Gasteiger partial charge in [0.05, 0.1) is 6.10 Å². The van der Waals surface area contributed by atoms with Gasteiger partial charge in [0.25, 0.3) is 0 Å². The van der Waals surface area contributed by atoms with Crippen LogP contribution in [0, 0.1) is 0 Å². The predicted molar refractivity (Wildman–Crippen MR) is 63.3 cm³/mol. The number of rotatable bonds is 4. The van der Waals surface area contributed by atoms with Gasteiger partial charge in [0.15, 0.2) is 0 Å². The zero-order chi connectivity index (χ0) is 10.6. The van der Waals surface area contributed by atoms with E-state index < -0.39 is 0 Å². The molecule has 76 valence electrons. The van der Waals surface area contributed by atoms with Crippen molar-refractivity contribution in [2.45, 2.75) is 25.9 Å². The number of aliphatic hydroxyl groups excluding tert-OH is 1. The van der Waals surface area contributed by atoms with Crippen molar-refractivity contribution in [3.05, 3.63) is 46.5 Å². The molecule has 0 saturated heterocycles. The smallest absolute Gasteiger partial charge is 0.0617 e. The van der Waals surface area contributed by atoms with Crippen LogP contribution in [0.25, 0.3) is 0 Å². The second-order valence-corrected chi connectivity index (χ2v) is 4.46. The highest BCUT2D eigenvalue weighted by atomic mass is 79.9. The van der Waals surface area contributed by atoms with Crippen molar-refractivity contribution in [1.29, 1.82) is 0 Å². The molecule has 1 atom stereocenters.